The number of ether oxygens (including phenoxy) is 3. The Morgan fingerprint density at radius 2 is 1.58 bits per heavy atom. The highest BCUT2D eigenvalue weighted by atomic mass is 16.5. The summed E-state index contributed by atoms with van der Waals surface area (Å²) in [5.74, 6) is 1.86. The number of methoxy groups -OCH3 is 1. The third kappa shape index (κ3) is 4.20. The van der Waals surface area contributed by atoms with Crippen molar-refractivity contribution in [3.8, 4) is 23.3 Å². The maximum Gasteiger partial charge on any atom is 0.179 e. The average Bonchev–Trinajstić information content (AvgIpc) is 2.58. The van der Waals surface area contributed by atoms with Crippen LogP contribution in [-0.4, -0.2) is 20.3 Å². The number of nitrogens with zero attached hydrogens (tertiary/aromatic N) is 1. The van der Waals surface area contributed by atoms with Gasteiger partial charge in [-0.15, -0.1) is 0 Å². The van der Waals surface area contributed by atoms with E-state index in [1.165, 1.54) is 0 Å². The van der Waals surface area contributed by atoms with Gasteiger partial charge in [-0.1, -0.05) is 45.0 Å². The molecule has 4 nitrogen and oxygen atoms in total. The number of para-hydroxylation sites is 2. The van der Waals surface area contributed by atoms with Gasteiger partial charge >= 0.3 is 0 Å². The maximum atomic E-state index is 9.18. The van der Waals surface area contributed by atoms with Gasteiger partial charge in [0.15, 0.2) is 11.5 Å². The molecule has 4 heteroatoms. The lowest BCUT2D eigenvalue weighted by Crippen LogP contribution is -2.16. The monoisotopic (exact) mass is 325 g/mol. The van der Waals surface area contributed by atoms with Crippen molar-refractivity contribution in [2.24, 2.45) is 0 Å². The van der Waals surface area contributed by atoms with Crippen LogP contribution in [-0.2, 0) is 5.41 Å². The van der Waals surface area contributed by atoms with E-state index in [0.29, 0.717) is 30.3 Å². The van der Waals surface area contributed by atoms with Crippen LogP contribution in [0.3, 0.4) is 0 Å². The molecule has 0 aliphatic rings. The highest BCUT2D eigenvalue weighted by molar-refractivity contribution is 5.52. The summed E-state index contributed by atoms with van der Waals surface area (Å²) < 4.78 is 16.9. The van der Waals surface area contributed by atoms with Crippen molar-refractivity contribution >= 4 is 0 Å². The second kappa shape index (κ2) is 7.74. The average molecular weight is 325 g/mol. The zero-order valence-electron chi connectivity index (χ0n) is 14.6. The van der Waals surface area contributed by atoms with E-state index >= 15 is 0 Å². The molecular weight excluding hydrogens is 302 g/mol. The molecule has 0 fully saturated rings. The van der Waals surface area contributed by atoms with E-state index in [-0.39, 0.29) is 5.41 Å². The smallest absolute Gasteiger partial charge is 0.179 e. The summed E-state index contributed by atoms with van der Waals surface area (Å²) in [7, 11) is 1.55. The normalized spacial score (nSPS) is 10.8. The van der Waals surface area contributed by atoms with E-state index in [0.717, 1.165) is 11.3 Å². The topological polar surface area (TPSA) is 51.5 Å². The van der Waals surface area contributed by atoms with Crippen molar-refractivity contribution in [1.82, 2.24) is 0 Å². The van der Waals surface area contributed by atoms with Gasteiger partial charge in [-0.2, -0.15) is 5.26 Å². The first-order valence-electron chi connectivity index (χ1n) is 7.89. The second-order valence-electron chi connectivity index (χ2n) is 6.39. The SMILES string of the molecule is COc1cccc(C#N)c1OCCOc1ccccc1C(C)(C)C. The van der Waals surface area contributed by atoms with Gasteiger partial charge in [-0.05, 0) is 29.2 Å². The Labute approximate surface area is 143 Å². The summed E-state index contributed by atoms with van der Waals surface area (Å²) in [4.78, 5) is 0. The Morgan fingerprint density at radius 3 is 2.25 bits per heavy atom. The molecule has 24 heavy (non-hydrogen) atoms. The summed E-state index contributed by atoms with van der Waals surface area (Å²) in [6.07, 6.45) is 0. The van der Waals surface area contributed by atoms with E-state index in [9.17, 15) is 5.26 Å². The molecule has 2 aromatic carbocycles. The number of hydrogen-bond donors (Lipinski definition) is 0. The van der Waals surface area contributed by atoms with Gasteiger partial charge in [-0.25, -0.2) is 0 Å². The summed E-state index contributed by atoms with van der Waals surface area (Å²) in [5, 5.41) is 9.18. The van der Waals surface area contributed by atoms with Gasteiger partial charge < -0.3 is 14.2 Å². The fourth-order valence-electron chi connectivity index (χ4n) is 2.42. The Morgan fingerprint density at radius 1 is 0.917 bits per heavy atom. The van der Waals surface area contributed by atoms with Crippen LogP contribution in [0, 0.1) is 11.3 Å². The van der Waals surface area contributed by atoms with Crippen LogP contribution in [0.25, 0.3) is 0 Å². The molecule has 0 amide bonds. The third-order valence-corrected chi connectivity index (χ3v) is 3.60. The quantitative estimate of drug-likeness (QED) is 0.742. The molecule has 0 atom stereocenters. The first kappa shape index (κ1) is 17.7. The molecule has 0 aromatic heterocycles. The minimum Gasteiger partial charge on any atom is -0.493 e. The zero-order chi connectivity index (χ0) is 17.6. The predicted octanol–water partition coefficient (Wildman–Crippen LogP) is 4.32. The van der Waals surface area contributed by atoms with Gasteiger partial charge in [-0.3, -0.25) is 0 Å². The van der Waals surface area contributed by atoms with Gasteiger partial charge in [0.1, 0.15) is 25.0 Å². The Bertz CT molecular complexity index is 726. The molecule has 0 saturated heterocycles. The molecule has 0 heterocycles. The minimum atomic E-state index is 0.00801. The molecule has 0 radical (unpaired) electrons. The molecule has 0 aliphatic carbocycles. The van der Waals surface area contributed by atoms with E-state index in [2.05, 4.69) is 32.9 Å². The van der Waals surface area contributed by atoms with Crippen molar-refractivity contribution in [1.29, 1.82) is 5.26 Å². The number of benzene rings is 2. The zero-order valence-corrected chi connectivity index (χ0v) is 14.6. The molecule has 0 spiro atoms. The molecule has 2 aromatic rings. The van der Waals surface area contributed by atoms with Gasteiger partial charge in [0.2, 0.25) is 0 Å². The molecule has 0 saturated carbocycles. The van der Waals surface area contributed by atoms with Crippen molar-refractivity contribution in [2.75, 3.05) is 20.3 Å². The van der Waals surface area contributed by atoms with E-state index in [1.807, 2.05) is 18.2 Å². The molecular formula is C20H23NO3. The highest BCUT2D eigenvalue weighted by Crippen LogP contribution is 2.32. The van der Waals surface area contributed by atoms with Crippen molar-refractivity contribution in [3.05, 3.63) is 53.6 Å². The van der Waals surface area contributed by atoms with Crippen LogP contribution in [0.1, 0.15) is 31.9 Å². The Balaban J connectivity index is 2.02. The summed E-state index contributed by atoms with van der Waals surface area (Å²) >= 11 is 0. The first-order valence-corrected chi connectivity index (χ1v) is 7.89. The van der Waals surface area contributed by atoms with Crippen LogP contribution in [0.15, 0.2) is 42.5 Å². The lowest BCUT2D eigenvalue weighted by atomic mass is 9.86. The number of nitriles is 1. The Hall–Kier alpha value is -2.67. The first-order chi connectivity index (χ1) is 11.5. The van der Waals surface area contributed by atoms with E-state index in [1.54, 1.807) is 25.3 Å². The van der Waals surface area contributed by atoms with Crippen molar-refractivity contribution in [2.45, 2.75) is 26.2 Å². The molecule has 0 aliphatic heterocycles. The van der Waals surface area contributed by atoms with Crippen LogP contribution in [0.4, 0.5) is 0 Å². The van der Waals surface area contributed by atoms with Crippen LogP contribution in [0.2, 0.25) is 0 Å². The molecule has 126 valence electrons. The molecule has 0 bridgehead atoms. The fraction of sp³-hybridized carbons (Fsp3) is 0.350. The standard InChI is InChI=1S/C20H23NO3/c1-20(2,3)16-9-5-6-10-17(16)23-12-13-24-19-15(14-21)8-7-11-18(19)22-4/h5-11H,12-13H2,1-4H3. The lowest BCUT2D eigenvalue weighted by molar-refractivity contribution is 0.208. The van der Waals surface area contributed by atoms with E-state index < -0.39 is 0 Å². The van der Waals surface area contributed by atoms with E-state index in [4.69, 9.17) is 14.2 Å². The fourth-order valence-corrected chi connectivity index (χ4v) is 2.42. The summed E-state index contributed by atoms with van der Waals surface area (Å²) in [6, 6.07) is 15.4. The van der Waals surface area contributed by atoms with Crippen molar-refractivity contribution < 1.29 is 14.2 Å². The molecule has 0 N–H and O–H groups in total. The summed E-state index contributed by atoms with van der Waals surface area (Å²) in [6.45, 7) is 7.17. The summed E-state index contributed by atoms with van der Waals surface area (Å²) in [5.41, 5.74) is 1.61. The third-order valence-electron chi connectivity index (χ3n) is 3.60. The predicted molar refractivity (Wildman–Crippen MR) is 93.8 cm³/mol. The minimum absolute atomic E-state index is 0.00801. The Kier molecular flexibility index (Phi) is 5.70. The van der Waals surface area contributed by atoms with Gasteiger partial charge in [0.05, 0.1) is 12.7 Å². The maximum absolute atomic E-state index is 9.18. The van der Waals surface area contributed by atoms with Crippen LogP contribution in [0.5, 0.6) is 17.2 Å². The number of hydrogen-bond acceptors (Lipinski definition) is 4. The highest BCUT2D eigenvalue weighted by Gasteiger charge is 2.18. The van der Waals surface area contributed by atoms with Crippen LogP contribution < -0.4 is 14.2 Å². The van der Waals surface area contributed by atoms with Gasteiger partial charge in [0, 0.05) is 0 Å². The van der Waals surface area contributed by atoms with Gasteiger partial charge in [0.25, 0.3) is 0 Å². The van der Waals surface area contributed by atoms with Crippen molar-refractivity contribution in [3.63, 3.8) is 0 Å². The van der Waals surface area contributed by atoms with Crippen LogP contribution >= 0.6 is 0 Å². The molecule has 2 rings (SSSR count). The number of rotatable bonds is 6. The largest absolute Gasteiger partial charge is 0.493 e. The molecule has 0 unspecified atom stereocenters. The second-order valence-corrected chi connectivity index (χ2v) is 6.39. The lowest BCUT2D eigenvalue weighted by Gasteiger charge is -2.22.